The molecule has 0 spiro atoms. The summed E-state index contributed by atoms with van der Waals surface area (Å²) in [4.78, 5) is 21.3. The van der Waals surface area contributed by atoms with E-state index in [1.54, 1.807) is 0 Å². The van der Waals surface area contributed by atoms with Gasteiger partial charge in [0.2, 0.25) is 0 Å². The molecule has 2 unspecified atom stereocenters. The van der Waals surface area contributed by atoms with Crippen LogP contribution in [-0.2, 0) is 9.59 Å². The molecule has 0 rings (SSSR count). The summed E-state index contributed by atoms with van der Waals surface area (Å²) in [7, 11) is 0. The van der Waals surface area contributed by atoms with Gasteiger partial charge in [-0.3, -0.25) is 9.59 Å². The molecule has 0 aliphatic heterocycles. The summed E-state index contributed by atoms with van der Waals surface area (Å²) >= 11 is 0. The zero-order chi connectivity index (χ0) is 21.3. The van der Waals surface area contributed by atoms with Gasteiger partial charge in [0.1, 0.15) is 0 Å². The predicted octanol–water partition coefficient (Wildman–Crippen LogP) is 7.16. The molecule has 4 heteroatoms. The van der Waals surface area contributed by atoms with E-state index in [2.05, 4.69) is 34.6 Å². The highest BCUT2D eigenvalue weighted by molar-refractivity contribution is 5.69. The fourth-order valence-corrected chi connectivity index (χ4v) is 3.44. The van der Waals surface area contributed by atoms with E-state index in [4.69, 9.17) is 10.2 Å². The van der Waals surface area contributed by atoms with Gasteiger partial charge in [0.15, 0.2) is 0 Å². The van der Waals surface area contributed by atoms with Crippen LogP contribution in [-0.4, -0.2) is 22.2 Å². The first kappa shape index (κ1) is 28.2. The number of hydrogen-bond donors (Lipinski definition) is 2. The predicted molar refractivity (Wildman–Crippen MR) is 114 cm³/mol. The molecule has 0 heterocycles. The second kappa shape index (κ2) is 17.1. The van der Waals surface area contributed by atoms with Crippen molar-refractivity contribution in [1.29, 1.82) is 0 Å². The Balaban J connectivity index is 0. The van der Waals surface area contributed by atoms with E-state index in [0.29, 0.717) is 0 Å². The van der Waals surface area contributed by atoms with Gasteiger partial charge in [0.25, 0.3) is 0 Å². The minimum absolute atomic E-state index is 0.0897. The molecule has 0 bridgehead atoms. The van der Waals surface area contributed by atoms with Crippen molar-refractivity contribution in [3.05, 3.63) is 0 Å². The summed E-state index contributed by atoms with van der Waals surface area (Å²) in [6, 6.07) is 0. The number of rotatable bonds is 14. The van der Waals surface area contributed by atoms with Crippen molar-refractivity contribution in [2.24, 2.45) is 17.3 Å². The van der Waals surface area contributed by atoms with Crippen LogP contribution in [0.5, 0.6) is 0 Å². The first-order valence-electron chi connectivity index (χ1n) is 11.0. The van der Waals surface area contributed by atoms with Gasteiger partial charge in [-0.05, 0) is 30.6 Å². The maximum Gasteiger partial charge on any atom is 0.306 e. The smallest absolute Gasteiger partial charge is 0.306 e. The van der Waals surface area contributed by atoms with Crippen LogP contribution in [0.25, 0.3) is 0 Å². The molecule has 27 heavy (non-hydrogen) atoms. The molecule has 0 amide bonds. The molecule has 4 nitrogen and oxygen atoms in total. The van der Waals surface area contributed by atoms with Crippen LogP contribution in [0.4, 0.5) is 0 Å². The van der Waals surface area contributed by atoms with E-state index in [1.807, 2.05) is 6.92 Å². The van der Waals surface area contributed by atoms with Gasteiger partial charge in [0.05, 0.1) is 5.92 Å². The van der Waals surface area contributed by atoms with Crippen molar-refractivity contribution in [2.75, 3.05) is 0 Å². The van der Waals surface area contributed by atoms with Crippen LogP contribution in [0, 0.1) is 17.3 Å². The minimum atomic E-state index is -0.693. The molecule has 0 aromatic heterocycles. The maximum atomic E-state index is 11.0. The summed E-state index contributed by atoms with van der Waals surface area (Å²) in [5.74, 6) is -1.09. The molecular weight excluding hydrogens is 340 g/mol. The molecule has 0 saturated carbocycles. The van der Waals surface area contributed by atoms with Crippen LogP contribution < -0.4 is 0 Å². The van der Waals surface area contributed by atoms with Crippen LogP contribution in [0.3, 0.4) is 0 Å². The number of carboxylic acids is 2. The molecule has 0 aromatic rings. The van der Waals surface area contributed by atoms with Crippen LogP contribution in [0.1, 0.15) is 119 Å². The Bertz CT molecular complexity index is 371. The van der Waals surface area contributed by atoms with E-state index in [0.717, 1.165) is 32.1 Å². The minimum Gasteiger partial charge on any atom is -0.481 e. The Morgan fingerprint density at radius 3 is 1.67 bits per heavy atom. The highest BCUT2D eigenvalue weighted by Crippen LogP contribution is 2.25. The zero-order valence-electron chi connectivity index (χ0n) is 18.9. The molecule has 0 aromatic carbocycles. The number of carbonyl (C=O) groups is 2. The molecule has 0 aliphatic carbocycles. The fraction of sp³-hybridized carbons (Fsp3) is 0.913. The van der Waals surface area contributed by atoms with E-state index in [-0.39, 0.29) is 23.7 Å². The van der Waals surface area contributed by atoms with Gasteiger partial charge in [-0.1, -0.05) is 92.9 Å². The third-order valence-corrected chi connectivity index (χ3v) is 4.65. The maximum absolute atomic E-state index is 11.0. The molecule has 0 aliphatic rings. The fourth-order valence-electron chi connectivity index (χ4n) is 3.44. The van der Waals surface area contributed by atoms with Crippen molar-refractivity contribution < 1.29 is 19.8 Å². The SMILES string of the molecule is CC(CC(=O)O)CC(C)(C)C.CCCCCCCC(CCCCC)C(=O)O. The Hall–Kier alpha value is -1.06. The average molecular weight is 387 g/mol. The van der Waals surface area contributed by atoms with Gasteiger partial charge >= 0.3 is 11.9 Å². The first-order chi connectivity index (χ1) is 12.5. The van der Waals surface area contributed by atoms with Gasteiger partial charge in [0, 0.05) is 6.42 Å². The lowest BCUT2D eigenvalue weighted by atomic mass is 9.84. The van der Waals surface area contributed by atoms with Crippen molar-refractivity contribution in [3.8, 4) is 0 Å². The monoisotopic (exact) mass is 386 g/mol. The Labute approximate surface area is 168 Å². The number of aliphatic carboxylic acids is 2. The molecular formula is C23H46O4. The largest absolute Gasteiger partial charge is 0.481 e. The zero-order valence-corrected chi connectivity index (χ0v) is 18.9. The normalized spacial score (nSPS) is 13.4. The summed E-state index contributed by atoms with van der Waals surface area (Å²) < 4.78 is 0. The summed E-state index contributed by atoms with van der Waals surface area (Å²) in [6.45, 7) is 12.7. The van der Waals surface area contributed by atoms with Gasteiger partial charge in [-0.2, -0.15) is 0 Å². The topological polar surface area (TPSA) is 74.6 Å². The van der Waals surface area contributed by atoms with E-state index in [9.17, 15) is 9.59 Å². The third kappa shape index (κ3) is 22.9. The molecule has 0 radical (unpaired) electrons. The highest BCUT2D eigenvalue weighted by Gasteiger charge is 2.17. The molecule has 162 valence electrons. The second-order valence-corrected chi connectivity index (χ2v) is 9.20. The van der Waals surface area contributed by atoms with Crippen molar-refractivity contribution >= 4 is 11.9 Å². The Morgan fingerprint density at radius 2 is 1.26 bits per heavy atom. The van der Waals surface area contributed by atoms with Gasteiger partial charge in [-0.15, -0.1) is 0 Å². The molecule has 2 N–H and O–H groups in total. The summed E-state index contributed by atoms with van der Waals surface area (Å²) in [5.41, 5.74) is 0.245. The van der Waals surface area contributed by atoms with Crippen LogP contribution in [0.2, 0.25) is 0 Å². The number of carboxylic acid groups (broad SMARTS) is 2. The average Bonchev–Trinajstić information content (AvgIpc) is 2.50. The quantitative estimate of drug-likeness (QED) is 0.310. The summed E-state index contributed by atoms with van der Waals surface area (Å²) in [5, 5.41) is 17.6. The molecule has 0 fully saturated rings. The summed E-state index contributed by atoms with van der Waals surface area (Å²) in [6.07, 6.45) is 12.5. The molecule has 0 saturated heterocycles. The lowest BCUT2D eigenvalue weighted by Gasteiger charge is -2.21. The Morgan fingerprint density at radius 1 is 0.815 bits per heavy atom. The molecule has 2 atom stereocenters. The van der Waals surface area contributed by atoms with Gasteiger partial charge < -0.3 is 10.2 Å². The van der Waals surface area contributed by atoms with E-state index >= 15 is 0 Å². The lowest BCUT2D eigenvalue weighted by molar-refractivity contribution is -0.142. The Kier molecular flexibility index (Phi) is 17.8. The van der Waals surface area contributed by atoms with E-state index < -0.39 is 11.9 Å². The standard InChI is InChI=1S/C14H28O2.C9H18O2/c1-3-5-7-8-10-12-13(14(15)16)11-9-6-4-2;1-7(5-8(10)11)6-9(2,3)4/h13H,3-12H2,1-2H3,(H,15,16);7H,5-6H2,1-4H3,(H,10,11). The van der Waals surface area contributed by atoms with Crippen molar-refractivity contribution in [1.82, 2.24) is 0 Å². The lowest BCUT2D eigenvalue weighted by Crippen LogP contribution is -2.13. The van der Waals surface area contributed by atoms with Crippen molar-refractivity contribution in [2.45, 2.75) is 119 Å². The highest BCUT2D eigenvalue weighted by atomic mass is 16.4. The first-order valence-corrected chi connectivity index (χ1v) is 11.0. The third-order valence-electron chi connectivity index (χ3n) is 4.65. The van der Waals surface area contributed by atoms with Crippen molar-refractivity contribution in [3.63, 3.8) is 0 Å². The van der Waals surface area contributed by atoms with Gasteiger partial charge in [-0.25, -0.2) is 0 Å². The van der Waals surface area contributed by atoms with E-state index in [1.165, 1.54) is 38.5 Å². The number of unbranched alkanes of at least 4 members (excludes halogenated alkanes) is 6. The van der Waals surface area contributed by atoms with Crippen LogP contribution >= 0.6 is 0 Å². The number of hydrogen-bond acceptors (Lipinski definition) is 2. The van der Waals surface area contributed by atoms with Crippen LogP contribution in [0.15, 0.2) is 0 Å². The second-order valence-electron chi connectivity index (χ2n) is 9.20.